The van der Waals surface area contributed by atoms with E-state index in [0.717, 1.165) is 16.2 Å². The average molecular weight is 409 g/mol. The Kier molecular flexibility index (Phi) is 8.22. The molecule has 3 aromatic rings. The summed E-state index contributed by atoms with van der Waals surface area (Å²) in [5, 5.41) is 10.7. The van der Waals surface area contributed by atoms with Gasteiger partial charge in [0.05, 0.1) is 6.10 Å². The second-order valence-corrected chi connectivity index (χ2v) is 8.96. The molecule has 0 aliphatic heterocycles. The molecule has 1 N–H and O–H groups in total. The zero-order chi connectivity index (χ0) is 19.6. The molecule has 4 heteroatoms. The van der Waals surface area contributed by atoms with Crippen LogP contribution in [0.2, 0.25) is 0 Å². The summed E-state index contributed by atoms with van der Waals surface area (Å²) in [6.45, 7) is 0. The number of hydrogen-bond acceptors (Lipinski definition) is 4. The number of aliphatic hydroxyl groups is 1. The minimum Gasteiger partial charge on any atom is -0.387 e. The van der Waals surface area contributed by atoms with E-state index in [1.54, 1.807) is 23.5 Å². The third-order valence-electron chi connectivity index (χ3n) is 4.35. The fraction of sp³-hybridized carbons (Fsp3) is 0.208. The first-order chi connectivity index (χ1) is 13.7. The monoisotopic (exact) mass is 408 g/mol. The van der Waals surface area contributed by atoms with Gasteiger partial charge in [0.15, 0.2) is 0 Å². The van der Waals surface area contributed by atoms with Crippen LogP contribution in [-0.4, -0.2) is 21.9 Å². The summed E-state index contributed by atoms with van der Waals surface area (Å²) in [5.41, 5.74) is 0.849. The number of ketones is 1. The summed E-state index contributed by atoms with van der Waals surface area (Å²) in [6, 6.07) is 29.7. The van der Waals surface area contributed by atoms with Crippen LogP contribution >= 0.6 is 23.5 Å². The zero-order valence-electron chi connectivity index (χ0n) is 15.6. The van der Waals surface area contributed by atoms with Crippen LogP contribution in [0.5, 0.6) is 0 Å². The third kappa shape index (κ3) is 6.55. The molecular weight excluding hydrogens is 384 g/mol. The lowest BCUT2D eigenvalue weighted by Gasteiger charge is -2.22. The van der Waals surface area contributed by atoms with Crippen molar-refractivity contribution in [3.63, 3.8) is 0 Å². The Morgan fingerprint density at radius 1 is 0.786 bits per heavy atom. The number of Topliss-reactive ketones (excluding diaryl/α,β-unsaturated/α-hetero) is 1. The van der Waals surface area contributed by atoms with E-state index in [9.17, 15) is 9.90 Å². The topological polar surface area (TPSA) is 37.3 Å². The molecule has 3 aromatic carbocycles. The van der Waals surface area contributed by atoms with Crippen LogP contribution in [-0.2, 0) is 4.79 Å². The normalized spacial score (nSPS) is 13.0. The van der Waals surface area contributed by atoms with Gasteiger partial charge in [-0.2, -0.15) is 0 Å². The number of thioether (sulfide) groups is 2. The molecular formula is C24H24O2S2. The fourth-order valence-corrected chi connectivity index (χ4v) is 5.02. The molecule has 0 amide bonds. The van der Waals surface area contributed by atoms with Gasteiger partial charge < -0.3 is 5.11 Å². The highest BCUT2D eigenvalue weighted by atomic mass is 32.2. The quantitative estimate of drug-likeness (QED) is 0.416. The first kappa shape index (κ1) is 20.7. The second kappa shape index (κ2) is 11.1. The molecule has 0 bridgehead atoms. The smallest absolute Gasteiger partial charge is 0.134 e. The van der Waals surface area contributed by atoms with Gasteiger partial charge >= 0.3 is 0 Å². The van der Waals surface area contributed by atoms with Crippen LogP contribution < -0.4 is 0 Å². The minimum atomic E-state index is -0.683. The van der Waals surface area contributed by atoms with Gasteiger partial charge in [-0.05, 0) is 29.8 Å². The Morgan fingerprint density at radius 2 is 1.32 bits per heavy atom. The van der Waals surface area contributed by atoms with E-state index in [-0.39, 0.29) is 11.0 Å². The first-order valence-electron chi connectivity index (χ1n) is 9.36. The molecule has 0 saturated heterocycles. The summed E-state index contributed by atoms with van der Waals surface area (Å²) >= 11 is 3.27. The van der Waals surface area contributed by atoms with Gasteiger partial charge in [0.25, 0.3) is 0 Å². The molecule has 144 valence electrons. The SMILES string of the molecule is O=C(CCSc1ccccc1)CC(Sc1ccccc1)C(O)c1ccccc1. The Bertz CT molecular complexity index is 838. The van der Waals surface area contributed by atoms with Gasteiger partial charge in [-0.25, -0.2) is 0 Å². The van der Waals surface area contributed by atoms with Gasteiger partial charge in [0.1, 0.15) is 5.78 Å². The van der Waals surface area contributed by atoms with Crippen LogP contribution in [0.1, 0.15) is 24.5 Å². The van der Waals surface area contributed by atoms with Crippen LogP contribution in [0.25, 0.3) is 0 Å². The maximum Gasteiger partial charge on any atom is 0.134 e. The maximum atomic E-state index is 12.6. The fourth-order valence-electron chi connectivity index (χ4n) is 2.88. The first-order valence-corrected chi connectivity index (χ1v) is 11.2. The van der Waals surface area contributed by atoms with Crippen molar-refractivity contribution in [2.45, 2.75) is 34.0 Å². The van der Waals surface area contributed by atoms with Crippen molar-refractivity contribution < 1.29 is 9.90 Å². The predicted molar refractivity (Wildman–Crippen MR) is 119 cm³/mol. The van der Waals surface area contributed by atoms with E-state index >= 15 is 0 Å². The molecule has 0 saturated carbocycles. The standard InChI is InChI=1S/C24H24O2S2/c25-20(16-17-27-21-12-6-2-7-13-21)18-23(28-22-14-8-3-9-15-22)24(26)19-10-4-1-5-11-19/h1-15,23-24,26H,16-18H2. The molecule has 0 aliphatic rings. The van der Waals surface area contributed by atoms with Gasteiger partial charge in [-0.3, -0.25) is 4.79 Å². The lowest BCUT2D eigenvalue weighted by atomic mass is 10.0. The molecule has 2 atom stereocenters. The van der Waals surface area contributed by atoms with Gasteiger partial charge in [0.2, 0.25) is 0 Å². The van der Waals surface area contributed by atoms with E-state index < -0.39 is 6.10 Å². The summed E-state index contributed by atoms with van der Waals surface area (Å²) in [7, 11) is 0. The van der Waals surface area contributed by atoms with Gasteiger partial charge in [-0.15, -0.1) is 23.5 Å². The molecule has 0 aliphatic carbocycles. The largest absolute Gasteiger partial charge is 0.387 e. The molecule has 0 radical (unpaired) electrons. The number of benzene rings is 3. The van der Waals surface area contributed by atoms with Crippen molar-refractivity contribution in [2.75, 3.05) is 5.75 Å². The second-order valence-electron chi connectivity index (χ2n) is 6.48. The molecule has 0 spiro atoms. The summed E-state index contributed by atoms with van der Waals surface area (Å²) in [6.07, 6.45) is 0.176. The van der Waals surface area contributed by atoms with E-state index in [1.165, 1.54) is 4.90 Å². The predicted octanol–water partition coefficient (Wildman–Crippen LogP) is 6.02. The van der Waals surface area contributed by atoms with Crippen molar-refractivity contribution in [3.8, 4) is 0 Å². The molecule has 3 rings (SSSR count). The number of carbonyl (C=O) groups excluding carboxylic acids is 1. The zero-order valence-corrected chi connectivity index (χ0v) is 17.2. The summed E-state index contributed by atoms with van der Waals surface area (Å²) < 4.78 is 0. The van der Waals surface area contributed by atoms with E-state index in [0.29, 0.717) is 12.8 Å². The molecule has 0 aromatic heterocycles. The maximum absolute atomic E-state index is 12.6. The van der Waals surface area contributed by atoms with Crippen molar-refractivity contribution in [1.29, 1.82) is 0 Å². The highest BCUT2D eigenvalue weighted by molar-refractivity contribution is 8.00. The van der Waals surface area contributed by atoms with Gasteiger partial charge in [-0.1, -0.05) is 66.7 Å². The number of aliphatic hydroxyl groups excluding tert-OH is 1. The van der Waals surface area contributed by atoms with Crippen molar-refractivity contribution in [3.05, 3.63) is 96.6 Å². The number of hydrogen-bond donors (Lipinski definition) is 1. The number of carbonyl (C=O) groups is 1. The lowest BCUT2D eigenvalue weighted by Crippen LogP contribution is -2.19. The van der Waals surface area contributed by atoms with E-state index in [2.05, 4.69) is 12.1 Å². The highest BCUT2D eigenvalue weighted by Crippen LogP contribution is 2.35. The molecule has 0 heterocycles. The Labute approximate surface area is 175 Å². The molecule has 2 nitrogen and oxygen atoms in total. The lowest BCUT2D eigenvalue weighted by molar-refractivity contribution is -0.119. The van der Waals surface area contributed by atoms with E-state index in [4.69, 9.17) is 0 Å². The third-order valence-corrected chi connectivity index (χ3v) is 6.63. The van der Waals surface area contributed by atoms with Crippen LogP contribution in [0.4, 0.5) is 0 Å². The Morgan fingerprint density at radius 3 is 1.93 bits per heavy atom. The van der Waals surface area contributed by atoms with Crippen LogP contribution in [0.3, 0.4) is 0 Å². The molecule has 2 unspecified atom stereocenters. The minimum absolute atomic E-state index is 0.187. The average Bonchev–Trinajstić information content (AvgIpc) is 2.75. The Hall–Kier alpha value is -2.01. The number of rotatable bonds is 10. The highest BCUT2D eigenvalue weighted by Gasteiger charge is 2.24. The van der Waals surface area contributed by atoms with Gasteiger partial charge in [0, 0.05) is 33.6 Å². The molecule has 28 heavy (non-hydrogen) atoms. The Balaban J connectivity index is 1.61. The van der Waals surface area contributed by atoms with E-state index in [1.807, 2.05) is 78.9 Å². The van der Waals surface area contributed by atoms with Crippen LogP contribution in [0, 0.1) is 0 Å². The summed E-state index contributed by atoms with van der Waals surface area (Å²) in [4.78, 5) is 14.9. The molecule has 0 fully saturated rings. The van der Waals surface area contributed by atoms with Crippen molar-refractivity contribution in [1.82, 2.24) is 0 Å². The van der Waals surface area contributed by atoms with Crippen LogP contribution in [0.15, 0.2) is 101 Å². The van der Waals surface area contributed by atoms with Crippen molar-refractivity contribution >= 4 is 29.3 Å². The van der Waals surface area contributed by atoms with Crippen molar-refractivity contribution in [2.24, 2.45) is 0 Å². The summed E-state index contributed by atoms with van der Waals surface area (Å²) in [5.74, 6) is 0.944.